The van der Waals surface area contributed by atoms with Crippen molar-refractivity contribution in [1.82, 2.24) is 9.14 Å². The number of aliphatic carboxylic acids is 1. The van der Waals surface area contributed by atoms with Gasteiger partial charge < -0.3 is 19.9 Å². The molecule has 2 N–H and O–H groups in total. The summed E-state index contributed by atoms with van der Waals surface area (Å²) in [6.45, 7) is 3.78. The van der Waals surface area contributed by atoms with Gasteiger partial charge in [-0.1, -0.05) is 13.3 Å². The molecule has 0 amide bonds. The molecule has 6 heteroatoms. The smallest absolute Gasteiger partial charge is 0.303 e. The Balaban J connectivity index is 2.33. The first-order chi connectivity index (χ1) is 14.8. The third kappa shape index (κ3) is 5.01. The van der Waals surface area contributed by atoms with Crippen LogP contribution in [0.3, 0.4) is 0 Å². The molecule has 0 aromatic heterocycles. The van der Waals surface area contributed by atoms with Gasteiger partial charge in [-0.05, 0) is 37.1 Å². The Bertz CT molecular complexity index is 1110. The summed E-state index contributed by atoms with van der Waals surface area (Å²) in [4.78, 5) is 13.3. The average Bonchev–Trinajstić information content (AvgIpc) is 2.73. The van der Waals surface area contributed by atoms with Gasteiger partial charge in [0.25, 0.3) is 0 Å². The molecule has 0 bridgehead atoms. The van der Waals surface area contributed by atoms with Crippen LogP contribution in [0, 0.1) is 0 Å². The lowest BCUT2D eigenvalue weighted by molar-refractivity contribution is -0.137. The lowest BCUT2D eigenvalue weighted by Crippen LogP contribution is -2.23. The molecule has 0 spiro atoms. The topological polar surface area (TPSA) is 60.5 Å². The summed E-state index contributed by atoms with van der Waals surface area (Å²) in [6.07, 6.45) is 3.00. The fourth-order valence-electron chi connectivity index (χ4n) is 3.95. The molecule has 0 radical (unpaired) electrons. The molecule has 3 rings (SSSR count). The lowest BCUT2D eigenvalue weighted by atomic mass is 10.00. The summed E-state index contributed by atoms with van der Waals surface area (Å²) >= 11 is 0. The Kier molecular flexibility index (Phi) is 7.21. The Morgan fingerprint density at radius 2 is 1.90 bits per heavy atom. The van der Waals surface area contributed by atoms with Crippen molar-refractivity contribution in [3.8, 4) is 11.3 Å². The Morgan fingerprint density at radius 1 is 1.13 bits per heavy atom. The van der Waals surface area contributed by atoms with Crippen molar-refractivity contribution in [3.63, 3.8) is 0 Å². The highest BCUT2D eigenvalue weighted by Crippen LogP contribution is 2.38. The van der Waals surface area contributed by atoms with Crippen molar-refractivity contribution < 1.29 is 9.90 Å². The predicted octanol–water partition coefficient (Wildman–Crippen LogP) is 3.92. The number of hydrogen-bond donors (Lipinski definition) is 2. The van der Waals surface area contributed by atoms with E-state index in [0.717, 1.165) is 47.3 Å². The minimum Gasteiger partial charge on any atom is -0.481 e. The molecule has 0 atom stereocenters. The van der Waals surface area contributed by atoms with E-state index in [1.165, 1.54) is 10.9 Å². The number of aryl methyl sites for hydroxylation is 1. The number of aromatic nitrogens is 1. The normalized spacial score (nSPS) is 11.1. The summed E-state index contributed by atoms with van der Waals surface area (Å²) in [5.74, 6) is -0.755. The van der Waals surface area contributed by atoms with Crippen molar-refractivity contribution in [2.24, 2.45) is 0 Å². The number of fused-ring (bicyclic) bond motifs is 2. The Hall–Kier alpha value is -3.02. The first-order valence-corrected chi connectivity index (χ1v) is 11.1. The number of rotatable bonds is 9. The standard InChI is InChI=1S/C25H34N4O2/c1-6-7-14-26-25-20-12-10-18(27(2)3)16-22(20)29(15-8-9-24(30)31)23-17-19(28(4)5)11-13-21(23)25/h10-13,16-17H,6-9,14-15H2,1-5H3,(H,30,31)/p+1. The molecular weight excluding hydrogens is 388 g/mol. The van der Waals surface area contributed by atoms with Gasteiger partial charge in [-0.3, -0.25) is 4.79 Å². The number of nitrogens with zero attached hydrogens (tertiary/aromatic N) is 3. The Morgan fingerprint density at radius 3 is 2.55 bits per heavy atom. The zero-order valence-electron chi connectivity index (χ0n) is 19.4. The van der Waals surface area contributed by atoms with Crippen LogP contribution in [0.2, 0.25) is 0 Å². The van der Waals surface area contributed by atoms with Crippen molar-refractivity contribution in [2.75, 3.05) is 45.0 Å². The second-order valence-electron chi connectivity index (χ2n) is 8.50. The highest BCUT2D eigenvalue weighted by Gasteiger charge is 2.19. The molecule has 0 saturated heterocycles. The van der Waals surface area contributed by atoms with Crippen molar-refractivity contribution in [2.45, 2.75) is 39.2 Å². The van der Waals surface area contributed by atoms with E-state index in [4.69, 9.17) is 0 Å². The summed E-state index contributed by atoms with van der Waals surface area (Å²) in [6, 6.07) is 13.1. The van der Waals surface area contributed by atoms with Crippen LogP contribution in [0.1, 0.15) is 32.6 Å². The molecule has 1 aromatic carbocycles. The number of unbranched alkanes of at least 4 members (excludes halogenated alkanes) is 1. The number of nitrogens with one attached hydrogen (secondary N) is 1. The first-order valence-electron chi connectivity index (χ1n) is 11.1. The van der Waals surface area contributed by atoms with Crippen LogP contribution in [0.25, 0.3) is 22.2 Å². The van der Waals surface area contributed by atoms with Gasteiger partial charge in [-0.15, -0.1) is 0 Å². The predicted molar refractivity (Wildman–Crippen MR) is 130 cm³/mol. The molecule has 2 aliphatic rings. The summed E-state index contributed by atoms with van der Waals surface area (Å²) in [7, 11) is 8.17. The summed E-state index contributed by atoms with van der Waals surface area (Å²) in [5.41, 5.74) is 5.70. The van der Waals surface area contributed by atoms with Gasteiger partial charge in [0.15, 0.2) is 0 Å². The maximum Gasteiger partial charge on any atom is 0.303 e. The molecule has 166 valence electrons. The highest BCUT2D eigenvalue weighted by atomic mass is 16.4. The maximum absolute atomic E-state index is 11.2. The third-order valence-electron chi connectivity index (χ3n) is 5.72. The molecular formula is C25H35N4O2+. The monoisotopic (exact) mass is 423 g/mol. The average molecular weight is 424 g/mol. The van der Waals surface area contributed by atoms with E-state index in [1.54, 1.807) is 0 Å². The second kappa shape index (κ2) is 9.86. The number of hydrogen-bond acceptors (Lipinski definition) is 3. The molecule has 1 aliphatic heterocycles. The van der Waals surface area contributed by atoms with E-state index >= 15 is 0 Å². The molecule has 0 saturated carbocycles. The quantitative estimate of drug-likeness (QED) is 0.311. The molecule has 31 heavy (non-hydrogen) atoms. The zero-order valence-corrected chi connectivity index (χ0v) is 19.4. The largest absolute Gasteiger partial charge is 0.481 e. The Labute approximate surface area is 184 Å². The van der Waals surface area contributed by atoms with Gasteiger partial charge in [-0.2, -0.15) is 0 Å². The lowest BCUT2D eigenvalue weighted by Gasteiger charge is -2.25. The van der Waals surface area contributed by atoms with Crippen LogP contribution in [-0.4, -0.2) is 50.4 Å². The SMILES string of the molecule is CCCCNc1c2ccc(=[N+](C)C)cc-2n(CCCC(=O)O)c2cc(N(C)C)ccc12. The van der Waals surface area contributed by atoms with E-state index in [2.05, 4.69) is 62.7 Å². The minimum atomic E-state index is -0.755. The van der Waals surface area contributed by atoms with Crippen LogP contribution in [0.5, 0.6) is 0 Å². The molecule has 1 heterocycles. The number of benzene rings is 2. The van der Waals surface area contributed by atoms with Crippen LogP contribution >= 0.6 is 0 Å². The fourth-order valence-corrected chi connectivity index (χ4v) is 3.95. The fraction of sp³-hybridized carbons (Fsp3) is 0.440. The third-order valence-corrected chi connectivity index (χ3v) is 5.72. The zero-order chi connectivity index (χ0) is 22.5. The van der Waals surface area contributed by atoms with Gasteiger partial charge >= 0.3 is 5.97 Å². The molecule has 6 nitrogen and oxygen atoms in total. The van der Waals surface area contributed by atoms with E-state index in [1.807, 2.05) is 28.2 Å². The highest BCUT2D eigenvalue weighted by molar-refractivity contribution is 6.02. The van der Waals surface area contributed by atoms with Crippen LogP contribution in [0.15, 0.2) is 36.4 Å². The van der Waals surface area contributed by atoms with Crippen LogP contribution in [0.4, 0.5) is 11.4 Å². The molecule has 0 fully saturated rings. The van der Waals surface area contributed by atoms with Crippen molar-refractivity contribution in [1.29, 1.82) is 0 Å². The van der Waals surface area contributed by atoms with Gasteiger partial charge in [-0.25, -0.2) is 4.58 Å². The van der Waals surface area contributed by atoms with E-state index in [-0.39, 0.29) is 6.42 Å². The van der Waals surface area contributed by atoms with Crippen molar-refractivity contribution in [3.05, 3.63) is 41.8 Å². The van der Waals surface area contributed by atoms with Crippen LogP contribution in [-0.2, 0) is 11.3 Å². The first kappa shape index (κ1) is 22.7. The van der Waals surface area contributed by atoms with Crippen molar-refractivity contribution >= 4 is 28.2 Å². The summed E-state index contributed by atoms with van der Waals surface area (Å²) < 4.78 is 4.39. The molecule has 1 aromatic rings. The second-order valence-corrected chi connectivity index (χ2v) is 8.50. The van der Waals surface area contributed by atoms with E-state index in [0.29, 0.717) is 13.0 Å². The van der Waals surface area contributed by atoms with E-state index < -0.39 is 5.97 Å². The number of carboxylic acid groups (broad SMARTS) is 1. The number of carboxylic acids is 1. The molecule has 0 unspecified atom stereocenters. The van der Waals surface area contributed by atoms with Gasteiger partial charge in [0.2, 0.25) is 5.36 Å². The number of anilines is 2. The number of pyridine rings is 1. The van der Waals surface area contributed by atoms with Gasteiger partial charge in [0.1, 0.15) is 14.1 Å². The van der Waals surface area contributed by atoms with E-state index in [9.17, 15) is 9.90 Å². The summed E-state index contributed by atoms with van der Waals surface area (Å²) in [5, 5.41) is 15.2. The number of carbonyl (C=O) groups is 1. The van der Waals surface area contributed by atoms with Crippen LogP contribution < -0.4 is 20.1 Å². The maximum atomic E-state index is 11.2. The molecule has 1 aliphatic carbocycles. The van der Waals surface area contributed by atoms with Gasteiger partial charge in [0, 0.05) is 62.4 Å². The minimum absolute atomic E-state index is 0.160. The van der Waals surface area contributed by atoms with Gasteiger partial charge in [0.05, 0.1) is 16.9 Å².